The number of hydrogen-bond acceptors (Lipinski definition) is 7. The molecule has 8 nitrogen and oxygen atoms in total. The molecule has 0 fully saturated rings. The van der Waals surface area contributed by atoms with Crippen LogP contribution >= 0.6 is 23.4 Å². The smallest absolute Gasteiger partial charge is 0.255 e. The number of allylic oxidation sites excluding steroid dienone is 1. The third-order valence-electron chi connectivity index (χ3n) is 6.18. The maximum atomic E-state index is 13.8. The predicted molar refractivity (Wildman–Crippen MR) is 150 cm³/mol. The van der Waals surface area contributed by atoms with Crippen LogP contribution in [0.1, 0.15) is 24.1 Å². The third kappa shape index (κ3) is 5.07. The number of nitrogens with zero attached hydrogens (tertiary/aromatic N) is 3. The number of para-hydroxylation sites is 3. The summed E-state index contributed by atoms with van der Waals surface area (Å²) in [5, 5.41) is 12.3. The highest BCUT2D eigenvalue weighted by atomic mass is 35.5. The summed E-state index contributed by atoms with van der Waals surface area (Å²) in [6.07, 6.45) is 0. The first-order valence-electron chi connectivity index (χ1n) is 11.9. The van der Waals surface area contributed by atoms with E-state index in [1.165, 1.54) is 11.8 Å². The monoisotopic (exact) mass is 547 g/mol. The van der Waals surface area contributed by atoms with Gasteiger partial charge in [-0.2, -0.15) is 4.98 Å². The summed E-state index contributed by atoms with van der Waals surface area (Å²) in [4.78, 5) is 18.5. The minimum atomic E-state index is -0.584. The van der Waals surface area contributed by atoms with E-state index < -0.39 is 6.04 Å². The van der Waals surface area contributed by atoms with Gasteiger partial charge >= 0.3 is 0 Å². The summed E-state index contributed by atoms with van der Waals surface area (Å²) in [6.45, 7) is 1.86. The number of fused-ring (bicyclic) bond motifs is 1. The molecule has 0 saturated carbocycles. The fourth-order valence-electron chi connectivity index (χ4n) is 4.36. The molecular formula is C28H26ClN5O3S. The summed E-state index contributed by atoms with van der Waals surface area (Å²) in [7, 11) is 3.18. The van der Waals surface area contributed by atoms with E-state index in [0.717, 1.165) is 11.1 Å². The molecule has 1 aliphatic heterocycles. The van der Waals surface area contributed by atoms with Gasteiger partial charge in [0.1, 0.15) is 17.5 Å². The Bertz CT molecular complexity index is 1520. The van der Waals surface area contributed by atoms with E-state index in [1.807, 2.05) is 67.6 Å². The van der Waals surface area contributed by atoms with Gasteiger partial charge in [0.05, 0.1) is 25.5 Å². The molecule has 5 rings (SSSR count). The number of thioether (sulfide) groups is 1. The van der Waals surface area contributed by atoms with Crippen molar-refractivity contribution in [2.45, 2.75) is 23.9 Å². The predicted octanol–water partition coefficient (Wildman–Crippen LogP) is 6.17. The van der Waals surface area contributed by atoms with Crippen molar-refractivity contribution >= 4 is 40.9 Å². The Kier molecular flexibility index (Phi) is 7.57. The van der Waals surface area contributed by atoms with Crippen LogP contribution < -0.4 is 20.1 Å². The van der Waals surface area contributed by atoms with Crippen molar-refractivity contribution in [3.8, 4) is 11.5 Å². The lowest BCUT2D eigenvalue weighted by Crippen LogP contribution is -2.31. The minimum Gasteiger partial charge on any atom is -0.496 e. The van der Waals surface area contributed by atoms with Gasteiger partial charge in [0.15, 0.2) is 0 Å². The van der Waals surface area contributed by atoms with Gasteiger partial charge in [-0.3, -0.25) is 4.79 Å². The van der Waals surface area contributed by atoms with E-state index in [4.69, 9.17) is 31.2 Å². The van der Waals surface area contributed by atoms with Crippen LogP contribution in [0.4, 0.5) is 11.6 Å². The summed E-state index contributed by atoms with van der Waals surface area (Å²) < 4.78 is 12.8. The Morgan fingerprint density at radius 3 is 2.47 bits per heavy atom. The highest BCUT2D eigenvalue weighted by Crippen LogP contribution is 2.40. The molecule has 1 aromatic heterocycles. The topological polar surface area (TPSA) is 90.3 Å². The standard InChI is InChI=1S/C28H26ClN5O3S/c1-17-24(26(35)31-21-13-7-9-15-23(21)37-3)25(19-11-5-8-14-22(19)36-2)34-27(30-17)32-28(33-34)38-16-18-10-4-6-12-20(18)29/h4-15,25H,16H2,1-3H3,(H,31,35)(H,30,32,33). The van der Waals surface area contributed by atoms with Gasteiger partial charge in [-0.05, 0) is 36.8 Å². The summed E-state index contributed by atoms with van der Waals surface area (Å²) >= 11 is 7.82. The second-order valence-electron chi connectivity index (χ2n) is 8.51. The highest BCUT2D eigenvalue weighted by molar-refractivity contribution is 7.98. The minimum absolute atomic E-state index is 0.290. The van der Waals surface area contributed by atoms with Crippen LogP contribution in [-0.2, 0) is 10.5 Å². The van der Waals surface area contributed by atoms with E-state index in [-0.39, 0.29) is 5.91 Å². The number of nitrogens with one attached hydrogen (secondary N) is 2. The number of anilines is 2. The van der Waals surface area contributed by atoms with Gasteiger partial charge in [0.25, 0.3) is 5.91 Å². The fraction of sp³-hybridized carbons (Fsp3) is 0.179. The SMILES string of the molecule is COc1ccccc1NC(=O)C1=C(C)Nc2nc(SCc3ccccc3Cl)nn2C1c1ccccc1OC. The number of hydrogen-bond donors (Lipinski definition) is 2. The van der Waals surface area contributed by atoms with Crippen LogP contribution in [0.15, 0.2) is 89.2 Å². The first-order chi connectivity index (χ1) is 18.5. The molecule has 1 unspecified atom stereocenters. The van der Waals surface area contributed by atoms with E-state index in [2.05, 4.69) is 10.6 Å². The Labute approximate surface area is 230 Å². The Hall–Kier alpha value is -3.95. The van der Waals surface area contributed by atoms with Crippen molar-refractivity contribution in [1.29, 1.82) is 0 Å². The molecule has 0 saturated heterocycles. The molecule has 1 amide bonds. The van der Waals surface area contributed by atoms with E-state index in [1.54, 1.807) is 31.0 Å². The zero-order valence-corrected chi connectivity index (χ0v) is 22.6. The molecule has 0 bridgehead atoms. The molecule has 38 heavy (non-hydrogen) atoms. The molecule has 1 atom stereocenters. The van der Waals surface area contributed by atoms with Gasteiger partial charge in [0, 0.05) is 22.0 Å². The third-order valence-corrected chi connectivity index (χ3v) is 7.44. The van der Waals surface area contributed by atoms with Crippen molar-refractivity contribution in [2.24, 2.45) is 0 Å². The number of benzene rings is 3. The second kappa shape index (κ2) is 11.2. The molecule has 0 aliphatic carbocycles. The Morgan fingerprint density at radius 2 is 1.71 bits per heavy atom. The fourth-order valence-corrected chi connectivity index (χ4v) is 5.48. The van der Waals surface area contributed by atoms with Gasteiger partial charge < -0.3 is 20.1 Å². The molecule has 0 spiro atoms. The van der Waals surface area contributed by atoms with E-state index in [0.29, 0.717) is 50.3 Å². The van der Waals surface area contributed by atoms with Crippen molar-refractivity contribution in [1.82, 2.24) is 14.8 Å². The summed E-state index contributed by atoms with van der Waals surface area (Å²) in [6, 6.07) is 22.0. The van der Waals surface area contributed by atoms with Crippen LogP contribution in [0.5, 0.6) is 11.5 Å². The lowest BCUT2D eigenvalue weighted by molar-refractivity contribution is -0.113. The average Bonchev–Trinajstić information content (AvgIpc) is 3.34. The molecule has 3 aromatic carbocycles. The second-order valence-corrected chi connectivity index (χ2v) is 9.85. The molecule has 1 aliphatic rings. The van der Waals surface area contributed by atoms with E-state index in [9.17, 15) is 4.79 Å². The normalized spacial score (nSPS) is 14.5. The molecule has 2 N–H and O–H groups in total. The number of aromatic nitrogens is 3. The molecule has 10 heteroatoms. The van der Waals surface area contributed by atoms with Crippen molar-refractivity contribution in [3.63, 3.8) is 0 Å². The molecular weight excluding hydrogens is 522 g/mol. The molecule has 0 radical (unpaired) electrons. The number of carbonyl (C=O) groups excluding carboxylic acids is 1. The number of ether oxygens (including phenoxy) is 2. The highest BCUT2D eigenvalue weighted by Gasteiger charge is 2.36. The molecule has 4 aromatic rings. The first-order valence-corrected chi connectivity index (χ1v) is 13.2. The van der Waals surface area contributed by atoms with E-state index >= 15 is 0 Å². The van der Waals surface area contributed by atoms with Crippen LogP contribution in [0.3, 0.4) is 0 Å². The van der Waals surface area contributed by atoms with Crippen LogP contribution in [0.2, 0.25) is 5.02 Å². The number of carbonyl (C=O) groups is 1. The first kappa shape index (κ1) is 25.7. The van der Waals surface area contributed by atoms with Crippen LogP contribution in [0, 0.1) is 0 Å². The Balaban J connectivity index is 1.53. The van der Waals surface area contributed by atoms with Gasteiger partial charge in [-0.1, -0.05) is 71.9 Å². The van der Waals surface area contributed by atoms with Crippen molar-refractivity contribution in [2.75, 3.05) is 24.9 Å². The van der Waals surface area contributed by atoms with Crippen molar-refractivity contribution in [3.05, 3.63) is 100 Å². The zero-order valence-electron chi connectivity index (χ0n) is 21.1. The maximum absolute atomic E-state index is 13.8. The zero-order chi connectivity index (χ0) is 26.6. The molecule has 2 heterocycles. The number of rotatable bonds is 8. The number of methoxy groups -OCH3 is 2. The maximum Gasteiger partial charge on any atom is 0.255 e. The Morgan fingerprint density at radius 1 is 1.03 bits per heavy atom. The number of halogens is 1. The van der Waals surface area contributed by atoms with Crippen molar-refractivity contribution < 1.29 is 14.3 Å². The van der Waals surface area contributed by atoms with Gasteiger partial charge in [0.2, 0.25) is 11.1 Å². The number of amides is 1. The van der Waals surface area contributed by atoms with Gasteiger partial charge in [-0.15, -0.1) is 5.10 Å². The summed E-state index contributed by atoms with van der Waals surface area (Å²) in [5.41, 5.74) is 3.50. The lowest BCUT2D eigenvalue weighted by Gasteiger charge is -2.29. The average molecular weight is 548 g/mol. The van der Waals surface area contributed by atoms with Gasteiger partial charge in [-0.25, -0.2) is 4.68 Å². The van der Waals surface area contributed by atoms with Crippen LogP contribution in [0.25, 0.3) is 0 Å². The summed E-state index contributed by atoms with van der Waals surface area (Å²) in [5.74, 6) is 2.06. The van der Waals surface area contributed by atoms with Crippen LogP contribution in [-0.4, -0.2) is 34.9 Å². The quantitative estimate of drug-likeness (QED) is 0.255. The molecule has 194 valence electrons. The lowest BCUT2D eigenvalue weighted by atomic mass is 9.94. The largest absolute Gasteiger partial charge is 0.496 e.